The predicted octanol–water partition coefficient (Wildman–Crippen LogP) is 4.21. The monoisotopic (exact) mass is 414 g/mol. The zero-order valence-electron chi connectivity index (χ0n) is 16.2. The molecule has 2 amide bonds. The number of carbonyl (C=O) groups is 2. The third-order valence-electron chi connectivity index (χ3n) is 6.27. The fourth-order valence-corrected chi connectivity index (χ4v) is 4.76. The van der Waals surface area contributed by atoms with Crippen molar-refractivity contribution in [3.8, 4) is 0 Å². The topological polar surface area (TPSA) is 40.6 Å². The maximum atomic E-state index is 13.2. The summed E-state index contributed by atoms with van der Waals surface area (Å²) in [6.45, 7) is 1.87. The molecule has 2 aliphatic rings. The summed E-state index contributed by atoms with van der Waals surface area (Å²) in [5, 5.41) is 0.280. The minimum Gasteiger partial charge on any atom is -0.342 e. The zero-order valence-corrected chi connectivity index (χ0v) is 17.0. The Morgan fingerprint density at radius 3 is 2.48 bits per heavy atom. The first-order chi connectivity index (χ1) is 14.0. The van der Waals surface area contributed by atoms with E-state index in [1.807, 2.05) is 40.1 Å². The van der Waals surface area contributed by atoms with Crippen LogP contribution in [0, 0.1) is 5.82 Å². The highest BCUT2D eigenvalue weighted by Gasteiger charge is 2.47. The van der Waals surface area contributed by atoms with E-state index in [9.17, 15) is 14.0 Å². The molecule has 2 saturated heterocycles. The van der Waals surface area contributed by atoms with Crippen molar-refractivity contribution in [3.05, 3.63) is 70.5 Å². The van der Waals surface area contributed by atoms with Gasteiger partial charge in [0.15, 0.2) is 0 Å². The van der Waals surface area contributed by atoms with Crippen LogP contribution in [0.3, 0.4) is 0 Å². The maximum absolute atomic E-state index is 13.2. The molecule has 29 heavy (non-hydrogen) atoms. The van der Waals surface area contributed by atoms with Crippen LogP contribution in [0.2, 0.25) is 5.02 Å². The largest absolute Gasteiger partial charge is 0.342 e. The smallest absolute Gasteiger partial charge is 0.227 e. The van der Waals surface area contributed by atoms with E-state index in [-0.39, 0.29) is 28.8 Å². The molecule has 0 bridgehead atoms. The lowest BCUT2D eigenvalue weighted by Gasteiger charge is -2.45. The molecule has 2 aromatic rings. The quantitative estimate of drug-likeness (QED) is 0.752. The van der Waals surface area contributed by atoms with Crippen molar-refractivity contribution in [2.45, 2.75) is 44.2 Å². The Balaban J connectivity index is 1.41. The number of benzene rings is 2. The van der Waals surface area contributed by atoms with Crippen molar-refractivity contribution in [2.24, 2.45) is 0 Å². The van der Waals surface area contributed by atoms with Gasteiger partial charge < -0.3 is 9.80 Å². The van der Waals surface area contributed by atoms with Crippen LogP contribution in [0.25, 0.3) is 0 Å². The van der Waals surface area contributed by atoms with Gasteiger partial charge in [0.1, 0.15) is 5.82 Å². The number of hydrogen-bond acceptors (Lipinski definition) is 2. The van der Waals surface area contributed by atoms with E-state index in [1.54, 1.807) is 6.07 Å². The molecule has 152 valence electrons. The van der Waals surface area contributed by atoms with Gasteiger partial charge in [-0.15, -0.1) is 0 Å². The number of likely N-dealkylation sites (tertiary alicyclic amines) is 2. The van der Waals surface area contributed by atoms with E-state index in [0.717, 1.165) is 24.8 Å². The van der Waals surface area contributed by atoms with E-state index in [1.165, 1.54) is 12.1 Å². The normalized spacial score (nSPS) is 18.5. The van der Waals surface area contributed by atoms with Crippen molar-refractivity contribution in [1.29, 1.82) is 0 Å². The molecular weight excluding hydrogens is 391 g/mol. The van der Waals surface area contributed by atoms with Gasteiger partial charge in [-0.25, -0.2) is 4.39 Å². The molecule has 4 nitrogen and oxygen atoms in total. The molecule has 2 aliphatic heterocycles. The lowest BCUT2D eigenvalue weighted by molar-refractivity contribution is -0.136. The van der Waals surface area contributed by atoms with Crippen molar-refractivity contribution >= 4 is 23.4 Å². The lowest BCUT2D eigenvalue weighted by atomic mass is 9.84. The molecule has 4 rings (SSSR count). The molecule has 0 saturated carbocycles. The number of halogens is 2. The standard InChI is InChI=1S/C23H24ClFN2O2/c24-20-15-19(25)7-6-18(20)14-22(29)26-12-10-23(11-13-26)9-8-21(28)27(23)16-17-4-2-1-3-5-17/h1-7,15H,8-14,16H2. The van der Waals surface area contributed by atoms with Crippen molar-refractivity contribution in [2.75, 3.05) is 13.1 Å². The number of rotatable bonds is 4. The summed E-state index contributed by atoms with van der Waals surface area (Å²) < 4.78 is 13.2. The Kier molecular flexibility index (Phi) is 5.59. The highest BCUT2D eigenvalue weighted by atomic mass is 35.5. The van der Waals surface area contributed by atoms with Gasteiger partial charge in [-0.1, -0.05) is 48.0 Å². The van der Waals surface area contributed by atoms with Crippen LogP contribution in [-0.2, 0) is 22.6 Å². The average molecular weight is 415 g/mol. The van der Waals surface area contributed by atoms with Gasteiger partial charge in [-0.2, -0.15) is 0 Å². The first-order valence-electron chi connectivity index (χ1n) is 10.0. The number of hydrogen-bond donors (Lipinski definition) is 0. The second-order valence-electron chi connectivity index (χ2n) is 7.98. The Hall–Kier alpha value is -2.40. The van der Waals surface area contributed by atoms with Gasteiger partial charge in [0, 0.05) is 36.6 Å². The molecule has 0 unspecified atom stereocenters. The average Bonchev–Trinajstić information content (AvgIpc) is 3.01. The Labute approximate surface area is 175 Å². The molecule has 0 aliphatic carbocycles. The van der Waals surface area contributed by atoms with Gasteiger partial charge >= 0.3 is 0 Å². The molecule has 0 radical (unpaired) electrons. The molecule has 1 spiro atoms. The summed E-state index contributed by atoms with van der Waals surface area (Å²) in [7, 11) is 0. The number of nitrogens with zero attached hydrogens (tertiary/aromatic N) is 2. The summed E-state index contributed by atoms with van der Waals surface area (Å²) in [5.74, 6) is -0.213. The molecule has 6 heteroatoms. The summed E-state index contributed by atoms with van der Waals surface area (Å²) in [6, 6.07) is 14.2. The minimum atomic E-state index is -0.407. The highest BCUT2D eigenvalue weighted by Crippen LogP contribution is 2.40. The molecule has 2 fully saturated rings. The fraction of sp³-hybridized carbons (Fsp3) is 0.391. The van der Waals surface area contributed by atoms with Crippen LogP contribution in [0.4, 0.5) is 4.39 Å². The molecule has 0 aromatic heterocycles. The van der Waals surface area contributed by atoms with E-state index >= 15 is 0 Å². The second kappa shape index (κ2) is 8.15. The Morgan fingerprint density at radius 2 is 1.79 bits per heavy atom. The van der Waals surface area contributed by atoms with E-state index in [0.29, 0.717) is 31.6 Å². The van der Waals surface area contributed by atoms with Gasteiger partial charge in [0.2, 0.25) is 11.8 Å². The summed E-state index contributed by atoms with van der Waals surface area (Å²) in [5.41, 5.74) is 1.61. The molecular formula is C23H24ClFN2O2. The predicted molar refractivity (Wildman–Crippen MR) is 110 cm³/mol. The van der Waals surface area contributed by atoms with Crippen LogP contribution < -0.4 is 0 Å². The summed E-state index contributed by atoms with van der Waals surface area (Å²) in [6.07, 6.45) is 3.16. The van der Waals surface area contributed by atoms with E-state index in [4.69, 9.17) is 11.6 Å². The summed E-state index contributed by atoms with van der Waals surface area (Å²) >= 11 is 6.07. The van der Waals surface area contributed by atoms with Gasteiger partial charge in [0.05, 0.1) is 6.42 Å². The lowest BCUT2D eigenvalue weighted by Crippen LogP contribution is -2.54. The summed E-state index contributed by atoms with van der Waals surface area (Å²) in [4.78, 5) is 29.2. The zero-order chi connectivity index (χ0) is 20.4. The minimum absolute atomic E-state index is 0.00714. The molecule has 0 atom stereocenters. The van der Waals surface area contributed by atoms with Crippen LogP contribution >= 0.6 is 11.6 Å². The van der Waals surface area contributed by atoms with Crippen molar-refractivity contribution < 1.29 is 14.0 Å². The van der Waals surface area contributed by atoms with Crippen molar-refractivity contribution in [3.63, 3.8) is 0 Å². The van der Waals surface area contributed by atoms with Gasteiger partial charge in [-0.3, -0.25) is 9.59 Å². The first kappa shape index (κ1) is 19.9. The van der Waals surface area contributed by atoms with Gasteiger partial charge in [-0.05, 0) is 42.5 Å². The van der Waals surface area contributed by atoms with Crippen LogP contribution in [0.15, 0.2) is 48.5 Å². The molecule has 2 aromatic carbocycles. The number of carbonyl (C=O) groups excluding carboxylic acids is 2. The van der Waals surface area contributed by atoms with E-state index in [2.05, 4.69) is 0 Å². The Morgan fingerprint density at radius 1 is 1.07 bits per heavy atom. The van der Waals surface area contributed by atoms with Crippen LogP contribution in [-0.4, -0.2) is 40.2 Å². The fourth-order valence-electron chi connectivity index (χ4n) is 4.53. The van der Waals surface area contributed by atoms with Gasteiger partial charge in [0.25, 0.3) is 0 Å². The number of amides is 2. The SMILES string of the molecule is O=C(Cc1ccc(F)cc1Cl)N1CCC2(CCC(=O)N2Cc2ccccc2)CC1. The Bertz CT molecular complexity index is 910. The second-order valence-corrected chi connectivity index (χ2v) is 8.39. The first-order valence-corrected chi connectivity index (χ1v) is 10.4. The number of piperidine rings is 1. The van der Waals surface area contributed by atoms with Crippen molar-refractivity contribution in [1.82, 2.24) is 9.80 Å². The third-order valence-corrected chi connectivity index (χ3v) is 6.62. The third kappa shape index (κ3) is 4.15. The molecule has 2 heterocycles. The van der Waals surface area contributed by atoms with E-state index < -0.39 is 5.82 Å². The van der Waals surface area contributed by atoms with Crippen LogP contribution in [0.5, 0.6) is 0 Å². The highest BCUT2D eigenvalue weighted by molar-refractivity contribution is 6.31. The van der Waals surface area contributed by atoms with Crippen LogP contribution in [0.1, 0.15) is 36.8 Å². The maximum Gasteiger partial charge on any atom is 0.227 e. The molecule has 0 N–H and O–H groups in total.